The Morgan fingerprint density at radius 3 is 2.06 bits per heavy atom. The molecule has 4 rings (SSSR count). The molecule has 0 aliphatic carbocycles. The third-order valence-electron chi connectivity index (χ3n) is 6.39. The molecule has 2 amide bonds. The number of benzene rings is 4. The summed E-state index contributed by atoms with van der Waals surface area (Å²) < 4.78 is 0. The van der Waals surface area contributed by atoms with Crippen LogP contribution in [0.2, 0.25) is 0 Å². The fraction of sp³-hybridized carbons (Fsp3) is 0.250. The first kappa shape index (κ1) is 25.2. The quantitative estimate of drug-likeness (QED) is 0.307. The van der Waals surface area contributed by atoms with Crippen LogP contribution >= 0.6 is 0 Å². The van der Waals surface area contributed by atoms with Gasteiger partial charge in [-0.05, 0) is 47.7 Å². The maximum Gasteiger partial charge on any atom is 0.243 e. The van der Waals surface area contributed by atoms with E-state index in [1.54, 1.807) is 4.90 Å². The van der Waals surface area contributed by atoms with Crippen molar-refractivity contribution < 1.29 is 9.59 Å². The van der Waals surface area contributed by atoms with Crippen LogP contribution in [0.3, 0.4) is 0 Å². The summed E-state index contributed by atoms with van der Waals surface area (Å²) in [6.07, 6.45) is 1.42. The highest BCUT2D eigenvalue weighted by Gasteiger charge is 2.30. The van der Waals surface area contributed by atoms with Gasteiger partial charge in [-0.25, -0.2) is 0 Å². The van der Waals surface area contributed by atoms with Crippen molar-refractivity contribution in [3.05, 3.63) is 120 Å². The summed E-state index contributed by atoms with van der Waals surface area (Å²) in [6, 6.07) is 33.7. The number of amides is 2. The summed E-state index contributed by atoms with van der Waals surface area (Å²) in [5.74, 6) is -0.144. The molecule has 0 spiro atoms. The number of carbonyl (C=O) groups excluding carboxylic acids is 2. The Morgan fingerprint density at radius 1 is 0.750 bits per heavy atom. The molecule has 1 N–H and O–H groups in total. The van der Waals surface area contributed by atoms with Gasteiger partial charge in [-0.1, -0.05) is 103 Å². The fourth-order valence-electron chi connectivity index (χ4n) is 4.61. The highest BCUT2D eigenvalue weighted by atomic mass is 16.2. The molecule has 4 aromatic rings. The molecule has 0 heterocycles. The first-order valence-electron chi connectivity index (χ1n) is 12.7. The minimum atomic E-state index is -0.602. The Labute approximate surface area is 214 Å². The number of carbonyl (C=O) groups is 2. The van der Waals surface area contributed by atoms with Crippen LogP contribution in [0.5, 0.6) is 0 Å². The van der Waals surface area contributed by atoms with E-state index in [0.29, 0.717) is 25.8 Å². The van der Waals surface area contributed by atoms with Crippen LogP contribution in [0.25, 0.3) is 10.8 Å². The van der Waals surface area contributed by atoms with E-state index in [9.17, 15) is 9.59 Å². The molecule has 184 valence electrons. The number of nitrogens with one attached hydrogen (secondary N) is 1. The lowest BCUT2D eigenvalue weighted by atomic mass is 9.99. The van der Waals surface area contributed by atoms with Crippen LogP contribution in [0, 0.1) is 0 Å². The smallest absolute Gasteiger partial charge is 0.243 e. The van der Waals surface area contributed by atoms with Gasteiger partial charge in [0, 0.05) is 25.4 Å². The second-order valence-electron chi connectivity index (χ2n) is 9.51. The maximum absolute atomic E-state index is 13.8. The average Bonchev–Trinajstić information content (AvgIpc) is 2.90. The maximum atomic E-state index is 13.8. The molecule has 0 bridgehead atoms. The lowest BCUT2D eigenvalue weighted by Gasteiger charge is -2.32. The molecule has 36 heavy (non-hydrogen) atoms. The number of nitrogens with zero attached hydrogens (tertiary/aromatic N) is 1. The first-order chi connectivity index (χ1) is 17.5. The van der Waals surface area contributed by atoms with Crippen molar-refractivity contribution in [1.29, 1.82) is 0 Å². The van der Waals surface area contributed by atoms with E-state index < -0.39 is 6.04 Å². The Hall–Kier alpha value is -3.92. The zero-order valence-corrected chi connectivity index (χ0v) is 21.1. The Kier molecular flexibility index (Phi) is 8.51. The van der Waals surface area contributed by atoms with Crippen LogP contribution in [0.1, 0.15) is 37.0 Å². The highest BCUT2D eigenvalue weighted by Crippen LogP contribution is 2.21. The van der Waals surface area contributed by atoms with Crippen LogP contribution in [0.4, 0.5) is 0 Å². The van der Waals surface area contributed by atoms with Crippen molar-refractivity contribution in [1.82, 2.24) is 10.2 Å². The van der Waals surface area contributed by atoms with Crippen LogP contribution in [0.15, 0.2) is 103 Å². The predicted octanol–water partition coefficient (Wildman–Crippen LogP) is 5.94. The monoisotopic (exact) mass is 478 g/mol. The van der Waals surface area contributed by atoms with Gasteiger partial charge in [-0.15, -0.1) is 0 Å². The minimum Gasteiger partial charge on any atom is -0.352 e. The molecular weight excluding hydrogens is 444 g/mol. The highest BCUT2D eigenvalue weighted by molar-refractivity contribution is 5.89. The molecule has 1 atom stereocenters. The molecule has 4 heteroatoms. The van der Waals surface area contributed by atoms with E-state index in [-0.39, 0.29) is 17.9 Å². The normalized spacial score (nSPS) is 11.9. The van der Waals surface area contributed by atoms with E-state index in [1.165, 1.54) is 10.8 Å². The van der Waals surface area contributed by atoms with Crippen LogP contribution in [-0.4, -0.2) is 28.8 Å². The molecule has 0 radical (unpaired) electrons. The van der Waals surface area contributed by atoms with Crippen molar-refractivity contribution >= 4 is 22.6 Å². The van der Waals surface area contributed by atoms with Crippen molar-refractivity contribution in [2.75, 3.05) is 0 Å². The zero-order chi connectivity index (χ0) is 25.3. The average molecular weight is 479 g/mol. The molecule has 0 unspecified atom stereocenters. The Bertz CT molecular complexity index is 1280. The number of fused-ring (bicyclic) bond motifs is 1. The number of aryl methyl sites for hydroxylation is 1. The lowest BCUT2D eigenvalue weighted by molar-refractivity contribution is -0.141. The summed E-state index contributed by atoms with van der Waals surface area (Å²) in [6.45, 7) is 4.28. The van der Waals surface area contributed by atoms with Crippen molar-refractivity contribution in [3.8, 4) is 0 Å². The molecule has 4 aromatic carbocycles. The lowest BCUT2D eigenvalue weighted by Crippen LogP contribution is -2.51. The zero-order valence-electron chi connectivity index (χ0n) is 21.1. The summed E-state index contributed by atoms with van der Waals surface area (Å²) >= 11 is 0. The largest absolute Gasteiger partial charge is 0.352 e. The SMILES string of the molecule is CC(C)NC(=O)[C@H](Cc1ccccc1)N(Cc1ccccc1)C(=O)CCc1cccc2ccccc12. The van der Waals surface area contributed by atoms with Gasteiger partial charge in [0.05, 0.1) is 0 Å². The van der Waals surface area contributed by atoms with Crippen LogP contribution in [-0.2, 0) is 29.0 Å². The van der Waals surface area contributed by atoms with Crippen molar-refractivity contribution in [3.63, 3.8) is 0 Å². The molecule has 0 aliphatic heterocycles. The third kappa shape index (κ3) is 6.60. The second kappa shape index (κ2) is 12.2. The standard InChI is InChI=1S/C32H34N2O2/c1-24(2)33-32(36)30(22-25-12-5-3-6-13-25)34(23-26-14-7-4-8-15-26)31(35)21-20-28-18-11-17-27-16-9-10-19-29(27)28/h3-19,24,30H,20-23H2,1-2H3,(H,33,36)/t30-/m0/s1. The predicted molar refractivity (Wildman–Crippen MR) is 146 cm³/mol. The number of rotatable bonds is 10. The van der Waals surface area contributed by atoms with Gasteiger partial charge in [-0.3, -0.25) is 9.59 Å². The number of hydrogen-bond donors (Lipinski definition) is 1. The molecule has 0 aromatic heterocycles. The fourth-order valence-corrected chi connectivity index (χ4v) is 4.61. The number of hydrogen-bond acceptors (Lipinski definition) is 2. The topological polar surface area (TPSA) is 49.4 Å². The van der Waals surface area contributed by atoms with Gasteiger partial charge in [-0.2, -0.15) is 0 Å². The van der Waals surface area contributed by atoms with Gasteiger partial charge < -0.3 is 10.2 Å². The van der Waals surface area contributed by atoms with E-state index >= 15 is 0 Å². The third-order valence-corrected chi connectivity index (χ3v) is 6.39. The minimum absolute atomic E-state index is 0.0138. The van der Waals surface area contributed by atoms with E-state index in [4.69, 9.17) is 0 Å². The molecule has 0 saturated heterocycles. The van der Waals surface area contributed by atoms with Gasteiger partial charge in [0.15, 0.2) is 0 Å². The molecule has 0 saturated carbocycles. The van der Waals surface area contributed by atoms with E-state index in [2.05, 4.69) is 29.6 Å². The van der Waals surface area contributed by atoms with Gasteiger partial charge in [0.25, 0.3) is 0 Å². The van der Waals surface area contributed by atoms with E-state index in [1.807, 2.05) is 92.7 Å². The van der Waals surface area contributed by atoms with E-state index in [0.717, 1.165) is 16.7 Å². The summed E-state index contributed by atoms with van der Waals surface area (Å²) in [5.41, 5.74) is 3.18. The second-order valence-corrected chi connectivity index (χ2v) is 9.51. The van der Waals surface area contributed by atoms with Gasteiger partial charge >= 0.3 is 0 Å². The van der Waals surface area contributed by atoms with Gasteiger partial charge in [0.1, 0.15) is 6.04 Å². The first-order valence-corrected chi connectivity index (χ1v) is 12.7. The molecule has 0 fully saturated rings. The van der Waals surface area contributed by atoms with Gasteiger partial charge in [0.2, 0.25) is 11.8 Å². The Morgan fingerprint density at radius 2 is 1.36 bits per heavy atom. The van der Waals surface area contributed by atoms with Crippen molar-refractivity contribution in [2.24, 2.45) is 0 Å². The summed E-state index contributed by atoms with van der Waals surface area (Å²) in [4.78, 5) is 29.0. The summed E-state index contributed by atoms with van der Waals surface area (Å²) in [7, 11) is 0. The molecular formula is C32H34N2O2. The Balaban J connectivity index is 1.63. The molecule has 4 nitrogen and oxygen atoms in total. The van der Waals surface area contributed by atoms with Crippen LogP contribution < -0.4 is 5.32 Å². The summed E-state index contributed by atoms with van der Waals surface area (Å²) in [5, 5.41) is 5.39. The van der Waals surface area contributed by atoms with Crippen molar-refractivity contribution in [2.45, 2.75) is 51.7 Å². The molecule has 0 aliphatic rings.